The van der Waals surface area contributed by atoms with Crippen molar-refractivity contribution in [2.24, 2.45) is 0 Å². The molecule has 3 nitrogen and oxygen atoms in total. The van der Waals surface area contributed by atoms with Crippen LogP contribution in [0.3, 0.4) is 0 Å². The lowest BCUT2D eigenvalue weighted by Crippen LogP contribution is -2.34. The molecule has 1 rings (SSSR count). The lowest BCUT2D eigenvalue weighted by atomic mass is 10.3. The summed E-state index contributed by atoms with van der Waals surface area (Å²) in [6, 6.07) is 3.40. The first-order valence-electron chi connectivity index (χ1n) is 3.69. The van der Waals surface area contributed by atoms with Gasteiger partial charge in [0.1, 0.15) is 0 Å². The van der Waals surface area contributed by atoms with Gasteiger partial charge < -0.3 is 10.4 Å². The molecule has 0 aliphatic rings. The van der Waals surface area contributed by atoms with E-state index in [0.717, 1.165) is 0 Å². The Morgan fingerprint density at radius 2 is 2.46 bits per heavy atom. The molecule has 0 saturated heterocycles. The normalized spacial score (nSPS) is 11.5. The van der Waals surface area contributed by atoms with E-state index in [9.17, 15) is 4.79 Å². The van der Waals surface area contributed by atoms with Crippen LogP contribution in [0.15, 0.2) is 17.5 Å². The fourth-order valence-electron chi connectivity index (χ4n) is 0.748. The fourth-order valence-corrected chi connectivity index (χ4v) is 1.38. The molecule has 13 heavy (non-hydrogen) atoms. The van der Waals surface area contributed by atoms with Crippen molar-refractivity contribution in [2.45, 2.75) is 13.0 Å². The molecular formula is C8H13NO2S2. The number of aliphatic hydroxyl groups is 1. The maximum atomic E-state index is 11.3. The molecule has 1 atom stereocenters. The monoisotopic (exact) mass is 219 g/mol. The summed E-state index contributed by atoms with van der Waals surface area (Å²) in [4.78, 5) is 11.9. The van der Waals surface area contributed by atoms with Crippen LogP contribution in [-0.2, 0) is 0 Å². The highest BCUT2D eigenvalue weighted by Gasteiger charge is 2.08. The summed E-state index contributed by atoms with van der Waals surface area (Å²) in [5.74, 6) is -0.119. The molecule has 0 bridgehead atoms. The predicted octanol–water partition coefficient (Wildman–Crippen LogP) is 0.972. The summed E-state index contributed by atoms with van der Waals surface area (Å²) < 4.78 is 0. The zero-order valence-corrected chi connectivity index (χ0v) is 9.10. The number of rotatable bonds is 3. The van der Waals surface area contributed by atoms with Crippen molar-refractivity contribution < 1.29 is 9.90 Å². The van der Waals surface area contributed by atoms with Gasteiger partial charge in [-0.2, -0.15) is 13.5 Å². The fraction of sp³-hybridized carbons (Fsp3) is 0.375. The van der Waals surface area contributed by atoms with E-state index in [1.54, 1.807) is 13.0 Å². The van der Waals surface area contributed by atoms with Crippen LogP contribution < -0.4 is 5.32 Å². The van der Waals surface area contributed by atoms with Crippen LogP contribution in [0.5, 0.6) is 0 Å². The minimum atomic E-state index is -0.181. The van der Waals surface area contributed by atoms with Gasteiger partial charge in [0.25, 0.3) is 5.91 Å². The van der Waals surface area contributed by atoms with E-state index in [1.165, 1.54) is 11.3 Å². The second-order valence-electron chi connectivity index (χ2n) is 2.53. The first-order valence-corrected chi connectivity index (χ1v) is 4.57. The maximum absolute atomic E-state index is 11.3. The van der Waals surface area contributed by atoms with Gasteiger partial charge in [-0.1, -0.05) is 6.07 Å². The lowest BCUT2D eigenvalue weighted by Gasteiger charge is -2.08. The molecular weight excluding hydrogens is 206 g/mol. The van der Waals surface area contributed by atoms with Crippen molar-refractivity contribution >= 4 is 30.7 Å². The van der Waals surface area contributed by atoms with Gasteiger partial charge in [-0.3, -0.25) is 4.79 Å². The zero-order valence-electron chi connectivity index (χ0n) is 7.28. The number of amides is 1. The van der Waals surface area contributed by atoms with E-state index in [0.29, 0.717) is 4.88 Å². The zero-order chi connectivity index (χ0) is 8.97. The molecule has 2 N–H and O–H groups in total. The summed E-state index contributed by atoms with van der Waals surface area (Å²) in [6.07, 6.45) is 0. The highest BCUT2D eigenvalue weighted by molar-refractivity contribution is 7.59. The molecule has 1 amide bonds. The van der Waals surface area contributed by atoms with Crippen LogP contribution >= 0.6 is 24.8 Å². The first-order chi connectivity index (χ1) is 5.74. The first kappa shape index (κ1) is 12.5. The molecule has 0 saturated carbocycles. The minimum Gasteiger partial charge on any atom is -0.394 e. The van der Waals surface area contributed by atoms with Crippen molar-refractivity contribution in [3.63, 3.8) is 0 Å². The Kier molecular flexibility index (Phi) is 5.77. The third-order valence-corrected chi connectivity index (χ3v) is 2.26. The summed E-state index contributed by atoms with van der Waals surface area (Å²) in [5.41, 5.74) is 0. The highest BCUT2D eigenvalue weighted by Crippen LogP contribution is 2.07. The van der Waals surface area contributed by atoms with Gasteiger partial charge in [-0.25, -0.2) is 0 Å². The summed E-state index contributed by atoms with van der Waals surface area (Å²) in [7, 11) is 0. The molecule has 0 aliphatic heterocycles. The van der Waals surface area contributed by atoms with Crippen LogP contribution in [0, 0.1) is 0 Å². The Bertz CT molecular complexity index is 249. The number of carbonyl (C=O) groups excluding carboxylic acids is 1. The van der Waals surface area contributed by atoms with Gasteiger partial charge in [-0.05, 0) is 18.4 Å². The molecule has 0 radical (unpaired) electrons. The van der Waals surface area contributed by atoms with E-state index < -0.39 is 0 Å². The molecule has 74 valence electrons. The molecule has 0 aliphatic carbocycles. The second-order valence-corrected chi connectivity index (χ2v) is 3.48. The van der Waals surface area contributed by atoms with Crippen LogP contribution in [0.4, 0.5) is 0 Å². The maximum Gasteiger partial charge on any atom is 0.261 e. The van der Waals surface area contributed by atoms with Crippen molar-refractivity contribution in [3.05, 3.63) is 22.4 Å². The minimum absolute atomic E-state index is 0. The van der Waals surface area contributed by atoms with Gasteiger partial charge in [0.2, 0.25) is 0 Å². The van der Waals surface area contributed by atoms with Gasteiger partial charge in [-0.15, -0.1) is 11.3 Å². The molecule has 0 aromatic carbocycles. The Morgan fingerprint density at radius 1 is 1.77 bits per heavy atom. The average Bonchev–Trinajstić information content (AvgIpc) is 2.56. The molecule has 5 heteroatoms. The van der Waals surface area contributed by atoms with Crippen molar-refractivity contribution in [2.75, 3.05) is 6.61 Å². The lowest BCUT2D eigenvalue weighted by molar-refractivity contribution is 0.0926. The standard InChI is InChI=1S/C8H11NO2S.H2S/c1-6(5-10)9-8(11)7-3-2-4-12-7;/h2-4,6,10H,5H2,1H3,(H,9,11);1H2/t6-;/m0./s1. The van der Waals surface area contributed by atoms with E-state index in [2.05, 4.69) is 5.32 Å². The Morgan fingerprint density at radius 3 is 2.92 bits per heavy atom. The second kappa shape index (κ2) is 6.01. The number of hydrogen-bond donors (Lipinski definition) is 2. The van der Waals surface area contributed by atoms with Crippen molar-refractivity contribution in [3.8, 4) is 0 Å². The van der Waals surface area contributed by atoms with Crippen LogP contribution in [-0.4, -0.2) is 23.7 Å². The summed E-state index contributed by atoms with van der Waals surface area (Å²) >= 11 is 1.39. The largest absolute Gasteiger partial charge is 0.394 e. The number of aliphatic hydroxyl groups excluding tert-OH is 1. The van der Waals surface area contributed by atoms with Crippen LogP contribution in [0.25, 0.3) is 0 Å². The van der Waals surface area contributed by atoms with Crippen molar-refractivity contribution in [1.82, 2.24) is 5.32 Å². The summed E-state index contributed by atoms with van der Waals surface area (Å²) in [6.45, 7) is 1.72. The van der Waals surface area contributed by atoms with Crippen LogP contribution in [0.1, 0.15) is 16.6 Å². The Hall–Kier alpha value is -0.520. The molecule has 0 spiro atoms. The van der Waals surface area contributed by atoms with Gasteiger partial charge in [0.15, 0.2) is 0 Å². The molecule has 0 unspecified atom stereocenters. The quantitative estimate of drug-likeness (QED) is 0.796. The topological polar surface area (TPSA) is 49.3 Å². The Balaban J connectivity index is 0.00000144. The number of nitrogens with one attached hydrogen (secondary N) is 1. The van der Waals surface area contributed by atoms with Crippen LogP contribution in [0.2, 0.25) is 0 Å². The molecule has 1 aromatic rings. The van der Waals surface area contributed by atoms with Gasteiger partial charge >= 0.3 is 0 Å². The molecule has 1 aromatic heterocycles. The molecule has 1 heterocycles. The molecule has 0 fully saturated rings. The Labute approximate surface area is 88.2 Å². The average molecular weight is 219 g/mol. The smallest absolute Gasteiger partial charge is 0.261 e. The number of hydrogen-bond acceptors (Lipinski definition) is 3. The van der Waals surface area contributed by atoms with Gasteiger partial charge in [0, 0.05) is 6.04 Å². The summed E-state index contributed by atoms with van der Waals surface area (Å²) in [5, 5.41) is 13.2. The van der Waals surface area contributed by atoms with Crippen molar-refractivity contribution in [1.29, 1.82) is 0 Å². The van der Waals surface area contributed by atoms with Gasteiger partial charge in [0.05, 0.1) is 11.5 Å². The van der Waals surface area contributed by atoms with E-state index in [-0.39, 0.29) is 32.1 Å². The van der Waals surface area contributed by atoms with E-state index >= 15 is 0 Å². The predicted molar refractivity (Wildman–Crippen MR) is 58.7 cm³/mol. The highest BCUT2D eigenvalue weighted by atomic mass is 32.1. The van der Waals surface area contributed by atoms with E-state index in [1.807, 2.05) is 11.4 Å². The number of thiophene rings is 1. The third kappa shape index (κ3) is 3.80. The van der Waals surface area contributed by atoms with E-state index in [4.69, 9.17) is 5.11 Å². The third-order valence-electron chi connectivity index (χ3n) is 1.40. The SMILES string of the molecule is C[C@@H](CO)NC(=O)c1cccs1.S. The number of carbonyl (C=O) groups is 1.